The number of amides is 2. The molecule has 2 amide bonds. The Morgan fingerprint density at radius 2 is 1.86 bits per heavy atom. The largest absolute Gasteiger partial charge is 0.346 e. The number of aryl methyl sites for hydroxylation is 1. The van der Waals surface area contributed by atoms with Gasteiger partial charge in [0.05, 0.1) is 22.9 Å². The Kier molecular flexibility index (Phi) is 8.29. The molecule has 1 aromatic carbocycles. The van der Waals surface area contributed by atoms with E-state index < -0.39 is 20.9 Å². The molecule has 3 N–H and O–H groups in total. The molecule has 0 bridgehead atoms. The normalized spacial score (nSPS) is 14.9. The van der Waals surface area contributed by atoms with E-state index in [0.29, 0.717) is 5.56 Å². The number of nitro benzene ring substituents is 1. The van der Waals surface area contributed by atoms with Crippen molar-refractivity contribution in [3.63, 3.8) is 0 Å². The third-order valence-corrected chi connectivity index (χ3v) is 6.25. The van der Waals surface area contributed by atoms with Crippen LogP contribution in [0.5, 0.6) is 0 Å². The van der Waals surface area contributed by atoms with Crippen LogP contribution in [0.2, 0.25) is 0 Å². The van der Waals surface area contributed by atoms with Crippen molar-refractivity contribution in [3.05, 3.63) is 33.9 Å². The SMILES string of the molecule is Cc1ccc([N+](=O)[O-])cc1S(=O)(=O)N1CCN(C(=O)CNC(=O)CN)CC1.Cl. The molecule has 0 saturated carbocycles. The number of hydrogen-bond donors (Lipinski definition) is 2. The Balaban J connectivity index is 0.00000392. The van der Waals surface area contributed by atoms with Crippen molar-refractivity contribution in [2.75, 3.05) is 39.3 Å². The monoisotopic (exact) mass is 435 g/mol. The molecule has 0 spiro atoms. The van der Waals surface area contributed by atoms with E-state index in [0.717, 1.165) is 6.07 Å². The summed E-state index contributed by atoms with van der Waals surface area (Å²) in [7, 11) is -3.92. The summed E-state index contributed by atoms with van der Waals surface area (Å²) in [4.78, 5) is 34.8. The highest BCUT2D eigenvalue weighted by atomic mass is 35.5. The second-order valence-electron chi connectivity index (χ2n) is 5.97. The Bertz CT molecular complexity index is 854. The van der Waals surface area contributed by atoms with Gasteiger partial charge in [-0.25, -0.2) is 8.42 Å². The van der Waals surface area contributed by atoms with Gasteiger partial charge in [0.15, 0.2) is 0 Å². The van der Waals surface area contributed by atoms with Gasteiger partial charge < -0.3 is 16.0 Å². The Labute approximate surface area is 168 Å². The first kappa shape index (κ1) is 23.8. The molecular formula is C15H22ClN5O6S. The first-order chi connectivity index (χ1) is 12.7. The fourth-order valence-corrected chi connectivity index (χ4v) is 4.32. The van der Waals surface area contributed by atoms with E-state index in [-0.39, 0.29) is 68.2 Å². The van der Waals surface area contributed by atoms with E-state index in [9.17, 15) is 28.1 Å². The maximum absolute atomic E-state index is 12.8. The number of piperazine rings is 1. The van der Waals surface area contributed by atoms with Crippen molar-refractivity contribution >= 4 is 39.9 Å². The number of carbonyl (C=O) groups is 2. The molecule has 1 heterocycles. The van der Waals surface area contributed by atoms with Crippen LogP contribution in [0.1, 0.15) is 5.56 Å². The van der Waals surface area contributed by atoms with E-state index >= 15 is 0 Å². The number of nitro groups is 1. The number of benzene rings is 1. The number of halogens is 1. The lowest BCUT2D eigenvalue weighted by Crippen LogP contribution is -2.52. The fraction of sp³-hybridized carbons (Fsp3) is 0.467. The minimum absolute atomic E-state index is 0. The van der Waals surface area contributed by atoms with Gasteiger partial charge in [-0.05, 0) is 12.5 Å². The van der Waals surface area contributed by atoms with Crippen LogP contribution in [0.3, 0.4) is 0 Å². The number of nitrogens with one attached hydrogen (secondary N) is 1. The molecule has 0 radical (unpaired) electrons. The molecule has 2 rings (SSSR count). The fourth-order valence-electron chi connectivity index (χ4n) is 2.66. The molecule has 1 fully saturated rings. The quantitative estimate of drug-likeness (QED) is 0.439. The number of sulfonamides is 1. The summed E-state index contributed by atoms with van der Waals surface area (Å²) in [5.74, 6) is -0.786. The van der Waals surface area contributed by atoms with Gasteiger partial charge in [0, 0.05) is 38.3 Å². The van der Waals surface area contributed by atoms with Gasteiger partial charge in [-0.1, -0.05) is 6.07 Å². The number of nitrogens with two attached hydrogens (primary N) is 1. The summed E-state index contributed by atoms with van der Waals surface area (Å²) in [6, 6.07) is 3.69. The average Bonchev–Trinajstić information content (AvgIpc) is 2.65. The predicted octanol–water partition coefficient (Wildman–Crippen LogP) is -0.767. The summed E-state index contributed by atoms with van der Waals surface area (Å²) in [5.41, 5.74) is 5.25. The van der Waals surface area contributed by atoms with Crippen molar-refractivity contribution < 1.29 is 22.9 Å². The van der Waals surface area contributed by atoms with E-state index in [1.54, 1.807) is 6.92 Å². The number of non-ortho nitro benzene ring substituents is 1. The van der Waals surface area contributed by atoms with E-state index in [2.05, 4.69) is 5.32 Å². The molecule has 0 aromatic heterocycles. The lowest BCUT2D eigenvalue weighted by atomic mass is 10.2. The van der Waals surface area contributed by atoms with Crippen LogP contribution in [-0.2, 0) is 19.6 Å². The van der Waals surface area contributed by atoms with Crippen LogP contribution in [-0.4, -0.2) is 73.6 Å². The maximum Gasteiger partial charge on any atom is 0.270 e. The van der Waals surface area contributed by atoms with E-state index in [1.807, 2.05) is 0 Å². The molecule has 13 heteroatoms. The Morgan fingerprint density at radius 1 is 1.25 bits per heavy atom. The maximum atomic E-state index is 12.8. The second kappa shape index (κ2) is 9.78. The first-order valence-electron chi connectivity index (χ1n) is 8.16. The molecular weight excluding hydrogens is 414 g/mol. The van der Waals surface area contributed by atoms with Crippen LogP contribution in [0, 0.1) is 17.0 Å². The summed E-state index contributed by atoms with van der Waals surface area (Å²) in [6.45, 7) is 1.57. The molecule has 0 aliphatic carbocycles. The molecule has 0 unspecified atom stereocenters. The predicted molar refractivity (Wildman–Crippen MR) is 102 cm³/mol. The van der Waals surface area contributed by atoms with Crippen molar-refractivity contribution in [2.24, 2.45) is 5.73 Å². The van der Waals surface area contributed by atoms with Gasteiger partial charge >= 0.3 is 0 Å². The van der Waals surface area contributed by atoms with Gasteiger partial charge in [-0.2, -0.15) is 4.31 Å². The lowest BCUT2D eigenvalue weighted by molar-refractivity contribution is -0.385. The lowest BCUT2D eigenvalue weighted by Gasteiger charge is -2.34. The number of rotatable bonds is 6. The zero-order valence-electron chi connectivity index (χ0n) is 15.2. The minimum Gasteiger partial charge on any atom is -0.346 e. The smallest absolute Gasteiger partial charge is 0.270 e. The summed E-state index contributed by atoms with van der Waals surface area (Å²) in [6.07, 6.45) is 0. The third-order valence-electron chi connectivity index (χ3n) is 4.21. The topological polar surface area (TPSA) is 156 Å². The van der Waals surface area contributed by atoms with Crippen LogP contribution >= 0.6 is 12.4 Å². The molecule has 156 valence electrons. The van der Waals surface area contributed by atoms with Crippen LogP contribution < -0.4 is 11.1 Å². The van der Waals surface area contributed by atoms with Gasteiger partial charge in [-0.15, -0.1) is 12.4 Å². The standard InChI is InChI=1S/C15H21N5O6S.ClH/c1-11-2-3-12(20(23)24)8-13(11)27(25,26)19-6-4-18(5-7-19)15(22)10-17-14(21)9-16;/h2-3,8H,4-7,9-10,16H2,1H3,(H,17,21);1H. The molecule has 1 aromatic rings. The van der Waals surface area contributed by atoms with Crippen LogP contribution in [0.4, 0.5) is 5.69 Å². The highest BCUT2D eigenvalue weighted by Crippen LogP contribution is 2.25. The highest BCUT2D eigenvalue weighted by Gasteiger charge is 2.32. The van der Waals surface area contributed by atoms with Crippen LogP contribution in [0.25, 0.3) is 0 Å². The summed E-state index contributed by atoms with van der Waals surface area (Å²) < 4.78 is 26.9. The number of hydrogen-bond acceptors (Lipinski definition) is 7. The number of nitrogens with zero attached hydrogens (tertiary/aromatic N) is 3. The average molecular weight is 436 g/mol. The second-order valence-corrected chi connectivity index (χ2v) is 7.88. The molecule has 1 saturated heterocycles. The summed E-state index contributed by atoms with van der Waals surface area (Å²) in [5, 5.41) is 13.3. The van der Waals surface area contributed by atoms with Gasteiger partial charge in [0.2, 0.25) is 21.8 Å². The first-order valence-corrected chi connectivity index (χ1v) is 9.60. The number of carbonyl (C=O) groups excluding carboxylic acids is 2. The van der Waals surface area contributed by atoms with Crippen molar-refractivity contribution in [1.29, 1.82) is 0 Å². The minimum atomic E-state index is -3.92. The Morgan fingerprint density at radius 3 is 2.39 bits per heavy atom. The zero-order valence-corrected chi connectivity index (χ0v) is 16.8. The Hall–Kier alpha value is -2.28. The zero-order chi connectivity index (χ0) is 20.2. The van der Waals surface area contributed by atoms with Gasteiger partial charge in [-0.3, -0.25) is 19.7 Å². The van der Waals surface area contributed by atoms with Gasteiger partial charge in [0.1, 0.15) is 0 Å². The van der Waals surface area contributed by atoms with Crippen LogP contribution in [0.15, 0.2) is 23.1 Å². The van der Waals surface area contributed by atoms with Crippen molar-refractivity contribution in [2.45, 2.75) is 11.8 Å². The molecule has 1 aliphatic rings. The van der Waals surface area contributed by atoms with E-state index in [1.165, 1.54) is 21.3 Å². The molecule has 11 nitrogen and oxygen atoms in total. The van der Waals surface area contributed by atoms with Gasteiger partial charge in [0.25, 0.3) is 5.69 Å². The van der Waals surface area contributed by atoms with Crippen molar-refractivity contribution in [3.8, 4) is 0 Å². The third kappa shape index (κ3) is 5.38. The summed E-state index contributed by atoms with van der Waals surface area (Å²) >= 11 is 0. The molecule has 1 aliphatic heterocycles. The van der Waals surface area contributed by atoms with E-state index in [4.69, 9.17) is 5.73 Å². The molecule has 28 heavy (non-hydrogen) atoms. The highest BCUT2D eigenvalue weighted by molar-refractivity contribution is 7.89. The molecule has 0 atom stereocenters. The van der Waals surface area contributed by atoms with Crippen molar-refractivity contribution in [1.82, 2.24) is 14.5 Å².